The number of ketones is 1. The largest absolute Gasteiger partial charge is 0.383 e. The Hall–Kier alpha value is -2.66. The van der Waals surface area contributed by atoms with Crippen LogP contribution in [0.3, 0.4) is 0 Å². The van der Waals surface area contributed by atoms with Gasteiger partial charge < -0.3 is 10.4 Å². The second-order valence-corrected chi connectivity index (χ2v) is 5.89. The molecule has 0 spiro atoms. The first kappa shape index (κ1) is 14.0. The van der Waals surface area contributed by atoms with Crippen molar-refractivity contribution >= 4 is 17.1 Å². The summed E-state index contributed by atoms with van der Waals surface area (Å²) in [7, 11) is 0. The van der Waals surface area contributed by atoms with E-state index in [1.54, 1.807) is 0 Å². The van der Waals surface area contributed by atoms with E-state index in [9.17, 15) is 9.90 Å². The van der Waals surface area contributed by atoms with Crippen LogP contribution in [0.4, 0.5) is 5.69 Å². The van der Waals surface area contributed by atoms with Gasteiger partial charge in [0.25, 0.3) is 0 Å². The molecule has 0 aliphatic carbocycles. The highest BCUT2D eigenvalue weighted by molar-refractivity contribution is 6.09. The van der Waals surface area contributed by atoms with Crippen molar-refractivity contribution in [2.24, 2.45) is 0 Å². The number of β-amino-alcohol motifs (C(OH)–C–C–N with tert-alkyl or cyclic N) is 1. The van der Waals surface area contributed by atoms with Crippen molar-refractivity contribution in [1.29, 1.82) is 0 Å². The van der Waals surface area contributed by atoms with Gasteiger partial charge in [-0.25, -0.2) is 4.98 Å². The molecule has 0 saturated carbocycles. The van der Waals surface area contributed by atoms with Gasteiger partial charge in [0, 0.05) is 17.8 Å². The maximum Gasteiger partial charge on any atom is 0.195 e. The normalized spacial score (nSPS) is 17.2. The minimum Gasteiger partial charge on any atom is -0.383 e. The van der Waals surface area contributed by atoms with Crippen molar-refractivity contribution in [1.82, 2.24) is 9.38 Å². The zero-order chi connectivity index (χ0) is 16.1. The monoisotopic (exact) mass is 307 g/mol. The van der Waals surface area contributed by atoms with E-state index in [2.05, 4.69) is 14.7 Å². The third-order valence-electron chi connectivity index (χ3n) is 4.47. The minimum absolute atomic E-state index is 0.219. The van der Waals surface area contributed by atoms with Gasteiger partial charge in [-0.2, -0.15) is 0 Å². The van der Waals surface area contributed by atoms with Crippen molar-refractivity contribution in [3.8, 4) is 11.3 Å². The van der Waals surface area contributed by atoms with Crippen LogP contribution < -0.4 is 5.32 Å². The molecule has 3 heterocycles. The van der Waals surface area contributed by atoms with Crippen LogP contribution in [-0.4, -0.2) is 32.9 Å². The number of imidazole rings is 1. The highest BCUT2D eigenvalue weighted by atomic mass is 16.3. The zero-order valence-electron chi connectivity index (χ0n) is 13.0. The Kier molecular flexibility index (Phi) is 2.99. The average Bonchev–Trinajstić information content (AvgIpc) is 2.87. The molecule has 0 unspecified atom stereocenters. The van der Waals surface area contributed by atoms with Crippen LogP contribution in [0.5, 0.6) is 0 Å². The van der Waals surface area contributed by atoms with Crippen LogP contribution in [0.1, 0.15) is 21.7 Å². The van der Waals surface area contributed by atoms with E-state index in [-0.39, 0.29) is 12.3 Å². The predicted octanol–water partition coefficient (Wildman–Crippen LogP) is 2.59. The van der Waals surface area contributed by atoms with Gasteiger partial charge in [-0.05, 0) is 25.5 Å². The van der Waals surface area contributed by atoms with E-state index >= 15 is 0 Å². The number of fused-ring (bicyclic) bond motifs is 3. The molecule has 3 aromatic rings. The fourth-order valence-electron chi connectivity index (χ4n) is 3.13. The second-order valence-electron chi connectivity index (χ2n) is 5.89. The molecule has 5 heteroatoms. The fraction of sp³-hybridized carbons (Fsp3) is 0.222. The summed E-state index contributed by atoms with van der Waals surface area (Å²) >= 11 is 0. The number of hydrogen-bond donors (Lipinski definition) is 2. The van der Waals surface area contributed by atoms with Gasteiger partial charge in [0.05, 0.1) is 17.1 Å². The molecular formula is C18H17N3O2. The number of aromatic nitrogens is 2. The van der Waals surface area contributed by atoms with Crippen LogP contribution in [-0.2, 0) is 0 Å². The zero-order valence-corrected chi connectivity index (χ0v) is 13.0. The van der Waals surface area contributed by atoms with E-state index in [0.29, 0.717) is 11.3 Å². The summed E-state index contributed by atoms with van der Waals surface area (Å²) in [6.07, 6.45) is -1.01. The topological polar surface area (TPSA) is 66.6 Å². The maximum atomic E-state index is 12.4. The van der Waals surface area contributed by atoms with E-state index in [4.69, 9.17) is 0 Å². The van der Waals surface area contributed by atoms with Crippen LogP contribution in [0, 0.1) is 13.8 Å². The molecule has 2 aromatic heterocycles. The van der Waals surface area contributed by atoms with Crippen LogP contribution in [0.25, 0.3) is 16.9 Å². The third kappa shape index (κ3) is 1.97. The number of nitrogens with zero attached hydrogens (tertiary/aromatic N) is 2. The highest BCUT2D eigenvalue weighted by Gasteiger charge is 2.29. The molecule has 23 heavy (non-hydrogen) atoms. The van der Waals surface area contributed by atoms with Gasteiger partial charge in [0.1, 0.15) is 6.10 Å². The summed E-state index contributed by atoms with van der Waals surface area (Å²) in [5, 5.41) is 13.0. The molecule has 116 valence electrons. The predicted molar refractivity (Wildman–Crippen MR) is 88.9 cm³/mol. The number of aliphatic hydroxyl groups excluding tert-OH is 1. The Morgan fingerprint density at radius 2 is 2.00 bits per heavy atom. The first-order valence-electron chi connectivity index (χ1n) is 7.62. The number of carbonyl (C=O) groups excluding carboxylic acids is 1. The van der Waals surface area contributed by atoms with E-state index in [1.165, 1.54) is 0 Å². The van der Waals surface area contributed by atoms with Crippen LogP contribution >= 0.6 is 0 Å². The SMILES string of the molecule is Cc1nc2c3c(cc(-c4ccccc4)n2c1C)C(=O)[C@H](O)CN3. The molecule has 0 radical (unpaired) electrons. The smallest absolute Gasteiger partial charge is 0.195 e. The summed E-state index contributed by atoms with van der Waals surface area (Å²) in [4.78, 5) is 17.0. The summed E-state index contributed by atoms with van der Waals surface area (Å²) in [6.45, 7) is 4.20. The standard InChI is InChI=1S/C18H17N3O2/c1-10-11(2)21-14(12-6-4-3-5-7-12)8-13-16(18(21)20-10)19-9-15(22)17(13)23/h3-8,15,19,22H,9H2,1-2H3/t15-/m1/s1. The number of benzene rings is 1. The van der Waals surface area contributed by atoms with Crippen molar-refractivity contribution in [2.45, 2.75) is 20.0 Å². The lowest BCUT2D eigenvalue weighted by Gasteiger charge is -2.23. The number of anilines is 1. The molecule has 0 amide bonds. The molecule has 1 aliphatic rings. The van der Waals surface area contributed by atoms with Crippen LogP contribution in [0.15, 0.2) is 36.4 Å². The minimum atomic E-state index is -1.01. The lowest BCUT2D eigenvalue weighted by Crippen LogP contribution is -2.34. The lowest BCUT2D eigenvalue weighted by atomic mass is 9.98. The quantitative estimate of drug-likeness (QED) is 0.725. The van der Waals surface area contributed by atoms with E-state index in [1.807, 2.05) is 50.2 Å². The summed E-state index contributed by atoms with van der Waals surface area (Å²) < 4.78 is 2.07. The summed E-state index contributed by atoms with van der Waals surface area (Å²) in [6, 6.07) is 11.8. The Labute approximate surface area is 133 Å². The van der Waals surface area contributed by atoms with Gasteiger partial charge >= 0.3 is 0 Å². The van der Waals surface area contributed by atoms with Gasteiger partial charge in [-0.3, -0.25) is 9.20 Å². The molecule has 0 bridgehead atoms. The highest BCUT2D eigenvalue weighted by Crippen LogP contribution is 2.34. The Balaban J connectivity index is 2.12. The van der Waals surface area contributed by atoms with Gasteiger partial charge in [0.15, 0.2) is 11.4 Å². The first-order chi connectivity index (χ1) is 11.1. The van der Waals surface area contributed by atoms with Crippen LogP contribution in [0.2, 0.25) is 0 Å². The van der Waals surface area contributed by atoms with Crippen molar-refractivity contribution in [3.63, 3.8) is 0 Å². The van der Waals surface area contributed by atoms with Gasteiger partial charge in [-0.1, -0.05) is 30.3 Å². The number of carbonyl (C=O) groups is 1. The molecule has 1 aliphatic heterocycles. The summed E-state index contributed by atoms with van der Waals surface area (Å²) in [5.74, 6) is -0.253. The van der Waals surface area contributed by atoms with Gasteiger partial charge in [0.2, 0.25) is 0 Å². The molecular weight excluding hydrogens is 290 g/mol. The lowest BCUT2D eigenvalue weighted by molar-refractivity contribution is 0.0761. The van der Waals surface area contributed by atoms with E-state index < -0.39 is 6.10 Å². The van der Waals surface area contributed by atoms with Crippen molar-refractivity contribution in [3.05, 3.63) is 53.3 Å². The number of nitrogens with one attached hydrogen (secondary N) is 1. The number of pyridine rings is 1. The Morgan fingerprint density at radius 1 is 1.26 bits per heavy atom. The number of Topliss-reactive ketones (excluding diaryl/α,β-unsaturated/α-hetero) is 1. The number of aliphatic hydroxyl groups is 1. The summed E-state index contributed by atoms with van der Waals surface area (Å²) in [5.41, 5.74) is 5.82. The van der Waals surface area contributed by atoms with E-state index in [0.717, 1.165) is 28.3 Å². The molecule has 0 fully saturated rings. The second kappa shape index (κ2) is 4.93. The van der Waals surface area contributed by atoms with Crippen molar-refractivity contribution in [2.75, 3.05) is 11.9 Å². The average molecular weight is 307 g/mol. The molecule has 5 nitrogen and oxygen atoms in total. The number of hydrogen-bond acceptors (Lipinski definition) is 4. The van der Waals surface area contributed by atoms with Crippen molar-refractivity contribution < 1.29 is 9.90 Å². The molecule has 1 atom stereocenters. The Bertz CT molecular complexity index is 929. The molecule has 4 rings (SSSR count). The maximum absolute atomic E-state index is 12.4. The Morgan fingerprint density at radius 3 is 2.74 bits per heavy atom. The number of aryl methyl sites for hydroxylation is 2. The molecule has 0 saturated heterocycles. The third-order valence-corrected chi connectivity index (χ3v) is 4.47. The first-order valence-corrected chi connectivity index (χ1v) is 7.62. The molecule has 2 N–H and O–H groups in total. The van der Waals surface area contributed by atoms with Gasteiger partial charge in [-0.15, -0.1) is 0 Å². The molecule has 1 aromatic carbocycles. The fourth-order valence-corrected chi connectivity index (χ4v) is 3.13. The number of rotatable bonds is 1.